The second kappa shape index (κ2) is 22.4. The molecular weight excluding hydrogens is 612 g/mol. The first-order chi connectivity index (χ1) is 13.5. The molecule has 1 aromatic carbocycles. The van der Waals surface area contributed by atoms with E-state index in [4.69, 9.17) is 0 Å². The van der Waals surface area contributed by atoms with Gasteiger partial charge in [0.2, 0.25) is 0 Å². The smallest absolute Gasteiger partial charge is 4.00 e. The van der Waals surface area contributed by atoms with E-state index in [-0.39, 0.29) is 25.8 Å². The standard InChI is InChI=1S/C7H10FGe.3C6H14N.Hf/c1-9(2,8)7-5-3-4-6-7;3*1-5(2)7-6(3)4;/h3-6H,1-2H3;3*5-6H,1-4H3;/q4*-1;+4. The van der Waals surface area contributed by atoms with Gasteiger partial charge in [0.15, 0.2) is 0 Å². The zero-order valence-electron chi connectivity index (χ0n) is 23.0. The maximum atomic E-state index is 13.1. The summed E-state index contributed by atoms with van der Waals surface area (Å²) in [5.74, 6) is 3.49. The Hall–Kier alpha value is 0.573. The minimum Gasteiger partial charge on any atom is 4.00 e. The summed E-state index contributed by atoms with van der Waals surface area (Å²) in [7, 11) is 0. The van der Waals surface area contributed by atoms with Crippen LogP contribution in [-0.4, -0.2) is 50.0 Å². The molecule has 6 heteroatoms. The van der Waals surface area contributed by atoms with E-state index in [1.165, 1.54) is 0 Å². The van der Waals surface area contributed by atoms with Crippen molar-refractivity contribution >= 4 is 18.1 Å². The van der Waals surface area contributed by atoms with Crippen LogP contribution in [0.3, 0.4) is 0 Å². The third kappa shape index (κ3) is 38.2. The maximum absolute atomic E-state index is 13.1. The van der Waals surface area contributed by atoms with E-state index in [0.717, 1.165) is 4.40 Å². The van der Waals surface area contributed by atoms with Crippen LogP contribution in [0.4, 0.5) is 3.50 Å². The first-order valence-electron chi connectivity index (χ1n) is 11.5. The topological polar surface area (TPSA) is 42.3 Å². The molecule has 0 bridgehead atoms. The predicted molar refractivity (Wildman–Crippen MR) is 141 cm³/mol. The third-order valence-corrected chi connectivity index (χ3v) is 6.72. The van der Waals surface area contributed by atoms with Gasteiger partial charge >= 0.3 is 83.2 Å². The maximum Gasteiger partial charge on any atom is 4.00 e. The Labute approximate surface area is 217 Å². The van der Waals surface area contributed by atoms with Crippen molar-refractivity contribution in [1.29, 1.82) is 0 Å². The molecule has 0 atom stereocenters. The molecule has 0 heterocycles. The predicted octanol–water partition coefficient (Wildman–Crippen LogP) is 8.32. The zero-order chi connectivity index (χ0) is 24.5. The molecule has 0 aromatic heterocycles. The number of halogens is 1. The minimum atomic E-state index is -2.94. The minimum absolute atomic E-state index is 0. The molecule has 0 aliphatic carbocycles. The summed E-state index contributed by atoms with van der Waals surface area (Å²) in [5.41, 5.74) is 0. The molecule has 3 nitrogen and oxygen atoms in total. The van der Waals surface area contributed by atoms with Crippen LogP contribution in [0.25, 0.3) is 16.0 Å². The van der Waals surface area contributed by atoms with Crippen LogP contribution in [0.2, 0.25) is 11.5 Å². The molecule has 0 amide bonds. The van der Waals surface area contributed by atoms with Crippen LogP contribution in [0, 0.1) is 0 Å². The van der Waals surface area contributed by atoms with Crippen molar-refractivity contribution in [3.63, 3.8) is 0 Å². The van der Waals surface area contributed by atoms with E-state index in [0.29, 0.717) is 36.3 Å². The molecule has 0 saturated heterocycles. The zero-order valence-corrected chi connectivity index (χ0v) is 28.7. The molecular formula is C25H52FGeHfN3. The van der Waals surface area contributed by atoms with Crippen LogP contribution in [0.15, 0.2) is 24.3 Å². The summed E-state index contributed by atoms with van der Waals surface area (Å²) in [6, 6.07) is 10.5. The van der Waals surface area contributed by atoms with E-state index in [2.05, 4.69) is 99.0 Å². The first kappa shape index (κ1) is 38.8. The summed E-state index contributed by atoms with van der Waals surface area (Å²) in [6.07, 6.45) is 0. The van der Waals surface area contributed by atoms with Gasteiger partial charge in [-0.25, -0.2) is 0 Å². The van der Waals surface area contributed by atoms with Crippen LogP contribution in [0.1, 0.15) is 83.1 Å². The van der Waals surface area contributed by atoms with Crippen LogP contribution >= 0.6 is 0 Å². The SMILES string of the molecule is CC(C)[N-]C(C)C.CC(C)[N-]C(C)C.CC(C)[N-]C(C)C.[CH3][Ge]([CH3])([F])[c-]1cccc1.[Hf+4]. The van der Waals surface area contributed by atoms with Gasteiger partial charge in [0.25, 0.3) is 0 Å². The third-order valence-electron chi connectivity index (χ3n) is 3.14. The van der Waals surface area contributed by atoms with Crippen molar-refractivity contribution in [1.82, 2.24) is 0 Å². The number of hydrogen-bond donors (Lipinski definition) is 0. The molecule has 182 valence electrons. The molecule has 1 aromatic rings. The summed E-state index contributed by atoms with van der Waals surface area (Å²) in [5, 5.41) is 12.8. The Morgan fingerprint density at radius 3 is 0.806 bits per heavy atom. The number of hydrogen-bond acceptors (Lipinski definition) is 0. The molecule has 0 unspecified atom stereocenters. The average molecular weight is 665 g/mol. The van der Waals surface area contributed by atoms with Crippen molar-refractivity contribution in [3.8, 4) is 0 Å². The Bertz CT molecular complexity index is 403. The molecule has 0 fully saturated rings. The van der Waals surface area contributed by atoms with E-state index in [1.807, 2.05) is 24.3 Å². The normalized spacial score (nSPS) is 11.0. The fraction of sp³-hybridized carbons (Fsp3) is 0.800. The summed E-state index contributed by atoms with van der Waals surface area (Å²) in [6.45, 7) is 25.2. The molecule has 31 heavy (non-hydrogen) atoms. The first-order valence-corrected chi connectivity index (χ1v) is 17.5. The van der Waals surface area contributed by atoms with Crippen molar-refractivity contribution in [2.45, 2.75) is 131 Å². The fourth-order valence-electron chi connectivity index (χ4n) is 2.56. The van der Waals surface area contributed by atoms with Crippen molar-refractivity contribution < 1.29 is 29.3 Å². The quantitative estimate of drug-likeness (QED) is 0.208. The van der Waals surface area contributed by atoms with Gasteiger partial charge in [-0.15, -0.1) is 36.3 Å². The van der Waals surface area contributed by atoms with Gasteiger partial charge in [0, 0.05) is 0 Å². The molecule has 0 N–H and O–H groups in total. The average Bonchev–Trinajstić information content (AvgIpc) is 2.98. The van der Waals surface area contributed by atoms with Crippen LogP contribution in [-0.2, 0) is 25.8 Å². The number of nitrogens with zero attached hydrogens (tertiary/aromatic N) is 3. The van der Waals surface area contributed by atoms with Crippen molar-refractivity contribution in [2.24, 2.45) is 0 Å². The molecule has 0 aliphatic heterocycles. The van der Waals surface area contributed by atoms with Crippen LogP contribution < -0.4 is 4.40 Å². The van der Waals surface area contributed by atoms with Gasteiger partial charge < -0.3 is 16.0 Å². The van der Waals surface area contributed by atoms with Crippen molar-refractivity contribution in [2.75, 3.05) is 0 Å². The molecule has 0 saturated carbocycles. The van der Waals surface area contributed by atoms with Gasteiger partial charge in [-0.05, 0) is 0 Å². The fourth-order valence-corrected chi connectivity index (χ4v) is 4.63. The van der Waals surface area contributed by atoms with Crippen molar-refractivity contribution in [3.05, 3.63) is 40.2 Å². The summed E-state index contributed by atoms with van der Waals surface area (Å²) < 4.78 is 14.1. The van der Waals surface area contributed by atoms with Gasteiger partial charge in [0.05, 0.1) is 0 Å². The van der Waals surface area contributed by atoms with E-state index < -0.39 is 13.7 Å². The summed E-state index contributed by atoms with van der Waals surface area (Å²) >= 11 is -2.94. The molecule has 1 rings (SSSR count). The number of rotatable bonds is 7. The Morgan fingerprint density at radius 2 is 0.742 bits per heavy atom. The van der Waals surface area contributed by atoms with Gasteiger partial charge in [-0.1, -0.05) is 83.1 Å². The Morgan fingerprint density at radius 1 is 0.548 bits per heavy atom. The van der Waals surface area contributed by atoms with E-state index in [1.54, 1.807) is 11.5 Å². The Balaban J connectivity index is -0.000000156. The largest absolute Gasteiger partial charge is 4.00 e. The second-order valence-corrected chi connectivity index (χ2v) is 17.0. The van der Waals surface area contributed by atoms with Gasteiger partial charge in [0.1, 0.15) is 0 Å². The van der Waals surface area contributed by atoms with Gasteiger partial charge in [-0.3, -0.25) is 0 Å². The monoisotopic (exact) mass is 667 g/mol. The van der Waals surface area contributed by atoms with Gasteiger partial charge in [-0.2, -0.15) is 0 Å². The summed E-state index contributed by atoms with van der Waals surface area (Å²) in [4.78, 5) is 0. The second-order valence-electron chi connectivity index (χ2n) is 9.66. The molecule has 0 aliphatic rings. The van der Waals surface area contributed by atoms with E-state index >= 15 is 0 Å². The Kier molecular flexibility index (Phi) is 28.0. The molecule has 0 spiro atoms. The van der Waals surface area contributed by atoms with Crippen LogP contribution in [0.5, 0.6) is 0 Å². The van der Waals surface area contributed by atoms with E-state index in [9.17, 15) is 3.50 Å². The molecule has 0 radical (unpaired) electrons.